The van der Waals surface area contributed by atoms with Crippen molar-refractivity contribution in [1.82, 2.24) is 0 Å². The third kappa shape index (κ3) is 2.59. The maximum absolute atomic E-state index is 5.72. The summed E-state index contributed by atoms with van der Waals surface area (Å²) in [5.74, 6) is 0. The Morgan fingerprint density at radius 3 is 2.31 bits per heavy atom. The van der Waals surface area contributed by atoms with Crippen LogP contribution in [-0.4, -0.2) is 12.3 Å². The van der Waals surface area contributed by atoms with Gasteiger partial charge in [-0.2, -0.15) is 0 Å². The van der Waals surface area contributed by atoms with Gasteiger partial charge in [0.1, 0.15) is 0 Å². The predicted octanol–water partition coefficient (Wildman–Crippen LogP) is 3.97. The van der Waals surface area contributed by atoms with Gasteiger partial charge in [-0.1, -0.05) is 41.4 Å². The van der Waals surface area contributed by atoms with Crippen LogP contribution in [0.4, 0.5) is 0 Å². The van der Waals surface area contributed by atoms with Gasteiger partial charge in [-0.05, 0) is 37.3 Å². The summed E-state index contributed by atoms with van der Waals surface area (Å²) in [6.45, 7) is 0. The molecule has 1 aliphatic rings. The summed E-state index contributed by atoms with van der Waals surface area (Å²) >= 11 is 7.70. The van der Waals surface area contributed by atoms with Crippen LogP contribution in [0, 0.1) is 0 Å². The summed E-state index contributed by atoms with van der Waals surface area (Å²) < 4.78 is 0. The van der Waals surface area contributed by atoms with Crippen molar-refractivity contribution < 1.29 is 0 Å². The van der Waals surface area contributed by atoms with Gasteiger partial charge in [-0.15, -0.1) is 0 Å². The highest BCUT2D eigenvalue weighted by Gasteiger charge is 2.23. The highest BCUT2D eigenvalue weighted by atomic mass is 32.9. The predicted molar refractivity (Wildman–Crippen MR) is 65.6 cm³/mol. The van der Waals surface area contributed by atoms with Crippen molar-refractivity contribution in [3.05, 3.63) is 30.3 Å². The Kier molecular flexibility index (Phi) is 3.13. The number of hydrogen-bond donors (Lipinski definition) is 0. The Morgan fingerprint density at radius 2 is 1.69 bits per heavy atom. The fraction of sp³-hybridized carbons (Fsp3) is 0.400. The zero-order valence-corrected chi connectivity index (χ0v) is 10.0. The molecule has 2 rings (SSSR count). The van der Waals surface area contributed by atoms with Crippen molar-refractivity contribution in [3.8, 4) is 0 Å². The van der Waals surface area contributed by atoms with Crippen LogP contribution in [0.2, 0.25) is 0 Å². The first-order valence-electron chi connectivity index (χ1n) is 4.61. The van der Waals surface area contributed by atoms with Crippen LogP contribution in [0.3, 0.4) is 0 Å². The minimum atomic E-state index is -1.04. The lowest BCUT2D eigenvalue weighted by Gasteiger charge is -2.13. The Labute approximate surface area is 88.9 Å². The van der Waals surface area contributed by atoms with E-state index in [4.69, 9.17) is 11.8 Å². The fourth-order valence-corrected chi connectivity index (χ4v) is 8.45. The first-order valence-corrected chi connectivity index (χ1v) is 9.21. The highest BCUT2D eigenvalue weighted by molar-refractivity contribution is 8.71. The number of hydrogen-bond acceptors (Lipinski definition) is 2. The first-order chi connectivity index (χ1) is 6.29. The lowest BCUT2D eigenvalue weighted by atomic mass is 10.4. The Morgan fingerprint density at radius 1 is 1.08 bits per heavy atom. The lowest BCUT2D eigenvalue weighted by molar-refractivity contribution is 0.949. The average Bonchev–Trinajstić information content (AvgIpc) is 2.54. The maximum atomic E-state index is 5.72. The summed E-state index contributed by atoms with van der Waals surface area (Å²) in [4.78, 5) is 1.37. The smallest absolute Gasteiger partial charge is 0.0124 e. The summed E-state index contributed by atoms with van der Waals surface area (Å²) in [6, 6.07) is 10.6. The average molecular weight is 228 g/mol. The molecule has 0 radical (unpaired) electrons. The van der Waals surface area contributed by atoms with Gasteiger partial charge < -0.3 is 0 Å². The van der Waals surface area contributed by atoms with Crippen LogP contribution < -0.4 is 0 Å². The maximum Gasteiger partial charge on any atom is 0.0124 e. The molecule has 13 heavy (non-hydrogen) atoms. The normalized spacial score (nSPS) is 20.3. The molecule has 0 nitrogen and oxygen atoms in total. The van der Waals surface area contributed by atoms with Gasteiger partial charge in [0.05, 0.1) is 0 Å². The molecule has 0 N–H and O–H groups in total. The molecule has 0 aliphatic carbocycles. The van der Waals surface area contributed by atoms with Crippen LogP contribution >= 0.6 is 16.6 Å². The number of benzene rings is 1. The van der Waals surface area contributed by atoms with E-state index in [0.29, 0.717) is 0 Å². The zero-order valence-electron chi connectivity index (χ0n) is 7.48. The van der Waals surface area contributed by atoms with E-state index in [2.05, 4.69) is 30.3 Å². The van der Waals surface area contributed by atoms with E-state index in [1.54, 1.807) is 0 Å². The van der Waals surface area contributed by atoms with Crippen LogP contribution in [0.1, 0.15) is 12.8 Å². The molecule has 0 aromatic heterocycles. The topological polar surface area (TPSA) is 0 Å². The molecule has 0 saturated carbocycles. The highest BCUT2D eigenvalue weighted by Crippen LogP contribution is 2.65. The van der Waals surface area contributed by atoms with E-state index < -0.39 is 5.24 Å². The molecule has 70 valence electrons. The van der Waals surface area contributed by atoms with E-state index >= 15 is 0 Å². The van der Waals surface area contributed by atoms with Gasteiger partial charge in [-0.25, -0.2) is 0 Å². The fourth-order valence-electron chi connectivity index (χ4n) is 1.58. The van der Waals surface area contributed by atoms with Gasteiger partial charge in [0.15, 0.2) is 0 Å². The standard InChI is InChI=1S/C10H13PS2/c12-11(8-4-5-9-11)13-10-6-2-1-3-7-10/h1-3,6-7H,4-5,8-9H2. The van der Waals surface area contributed by atoms with Crippen molar-refractivity contribution in [2.45, 2.75) is 17.7 Å². The quantitative estimate of drug-likeness (QED) is 0.702. The third-order valence-corrected chi connectivity index (χ3v) is 9.57. The van der Waals surface area contributed by atoms with Crippen LogP contribution in [0.25, 0.3) is 0 Å². The molecule has 1 aromatic carbocycles. The molecule has 0 atom stereocenters. The number of rotatable bonds is 2. The van der Waals surface area contributed by atoms with Gasteiger partial charge in [0.2, 0.25) is 0 Å². The van der Waals surface area contributed by atoms with Crippen molar-refractivity contribution in [1.29, 1.82) is 0 Å². The van der Waals surface area contributed by atoms with Crippen molar-refractivity contribution >= 4 is 28.4 Å². The molecule has 0 bridgehead atoms. The van der Waals surface area contributed by atoms with Gasteiger partial charge in [0.25, 0.3) is 0 Å². The van der Waals surface area contributed by atoms with Gasteiger partial charge in [-0.3, -0.25) is 0 Å². The van der Waals surface area contributed by atoms with Crippen molar-refractivity contribution in [3.63, 3.8) is 0 Å². The molecule has 0 spiro atoms. The SMILES string of the molecule is S=P1(Sc2ccccc2)CCCC1. The van der Waals surface area contributed by atoms with Crippen LogP contribution in [0.15, 0.2) is 35.2 Å². The van der Waals surface area contributed by atoms with E-state index in [-0.39, 0.29) is 0 Å². The molecular weight excluding hydrogens is 215 g/mol. The second-order valence-corrected chi connectivity index (χ2v) is 12.0. The van der Waals surface area contributed by atoms with Crippen molar-refractivity contribution in [2.24, 2.45) is 0 Å². The summed E-state index contributed by atoms with van der Waals surface area (Å²) in [5.41, 5.74) is 0. The molecule has 1 fully saturated rings. The zero-order chi connectivity index (χ0) is 9.15. The Bertz CT molecular complexity index is 311. The third-order valence-electron chi connectivity index (χ3n) is 2.26. The molecule has 3 heteroatoms. The molecular formula is C10H13PS2. The van der Waals surface area contributed by atoms with Gasteiger partial charge >= 0.3 is 0 Å². The lowest BCUT2D eigenvalue weighted by Crippen LogP contribution is -1.77. The summed E-state index contributed by atoms with van der Waals surface area (Å²) in [5, 5.41) is -1.04. The van der Waals surface area contributed by atoms with E-state index in [9.17, 15) is 0 Å². The molecule has 1 aromatic rings. The molecule has 0 unspecified atom stereocenters. The monoisotopic (exact) mass is 228 g/mol. The molecule has 1 saturated heterocycles. The Balaban J connectivity index is 2.10. The Hall–Kier alpha value is 0.220. The van der Waals surface area contributed by atoms with Crippen LogP contribution in [-0.2, 0) is 11.8 Å². The summed E-state index contributed by atoms with van der Waals surface area (Å²) in [7, 11) is 0. The summed E-state index contributed by atoms with van der Waals surface area (Å²) in [6.07, 6.45) is 5.33. The largest absolute Gasteiger partial charge is 0.0882 e. The van der Waals surface area contributed by atoms with Gasteiger partial charge in [0, 0.05) is 10.1 Å². The molecule has 1 aliphatic heterocycles. The second kappa shape index (κ2) is 4.16. The van der Waals surface area contributed by atoms with Crippen LogP contribution in [0.5, 0.6) is 0 Å². The van der Waals surface area contributed by atoms with E-state index in [0.717, 1.165) is 0 Å². The second-order valence-electron chi connectivity index (χ2n) is 3.37. The minimum absolute atomic E-state index is 1.04. The van der Waals surface area contributed by atoms with Crippen molar-refractivity contribution in [2.75, 3.05) is 12.3 Å². The molecule has 0 amide bonds. The first kappa shape index (κ1) is 9.76. The molecule has 1 heterocycles. The van der Waals surface area contributed by atoms with E-state index in [1.807, 2.05) is 11.4 Å². The minimum Gasteiger partial charge on any atom is -0.0882 e. The van der Waals surface area contributed by atoms with E-state index in [1.165, 1.54) is 30.1 Å².